The summed E-state index contributed by atoms with van der Waals surface area (Å²) in [7, 11) is 0. The van der Waals surface area contributed by atoms with E-state index in [1.807, 2.05) is 28.9 Å². The number of nitrogens with one attached hydrogen (secondary N) is 1. The summed E-state index contributed by atoms with van der Waals surface area (Å²) in [5.41, 5.74) is 1.14. The number of hydrogen-bond acceptors (Lipinski definition) is 4. The molecule has 6 nitrogen and oxygen atoms in total. The predicted octanol–water partition coefficient (Wildman–Crippen LogP) is 0.561. The summed E-state index contributed by atoms with van der Waals surface area (Å²) in [5.74, 6) is 0.249. The second-order valence-electron chi connectivity index (χ2n) is 6.07. The van der Waals surface area contributed by atoms with E-state index in [0.29, 0.717) is 38.7 Å². The van der Waals surface area contributed by atoms with Gasteiger partial charge in [0.2, 0.25) is 5.91 Å². The van der Waals surface area contributed by atoms with Gasteiger partial charge >= 0.3 is 0 Å². The van der Waals surface area contributed by atoms with E-state index in [0.717, 1.165) is 18.5 Å². The van der Waals surface area contributed by atoms with E-state index in [-0.39, 0.29) is 12.0 Å². The molecule has 1 amide bonds. The van der Waals surface area contributed by atoms with E-state index >= 15 is 0 Å². The molecule has 21 heavy (non-hydrogen) atoms. The Bertz CT molecular complexity index is 482. The molecule has 3 rings (SSSR count). The van der Waals surface area contributed by atoms with Gasteiger partial charge in [-0.3, -0.25) is 9.48 Å². The maximum atomic E-state index is 12.4. The first-order chi connectivity index (χ1) is 10.2. The molecule has 3 heterocycles. The van der Waals surface area contributed by atoms with Crippen LogP contribution in [0.5, 0.6) is 0 Å². The number of ether oxygens (including phenoxy) is 1. The third-order valence-electron chi connectivity index (χ3n) is 4.23. The molecule has 2 fully saturated rings. The van der Waals surface area contributed by atoms with Crippen LogP contribution in [-0.2, 0) is 16.1 Å². The normalized spacial score (nSPS) is 26.2. The average molecular weight is 292 g/mol. The molecule has 1 aromatic rings. The maximum Gasteiger partial charge on any atom is 0.224 e. The summed E-state index contributed by atoms with van der Waals surface area (Å²) in [6.45, 7) is 5.77. The van der Waals surface area contributed by atoms with Crippen LogP contribution < -0.4 is 5.32 Å². The summed E-state index contributed by atoms with van der Waals surface area (Å²) in [6.07, 6.45) is 6.81. The van der Waals surface area contributed by atoms with Crippen LogP contribution in [0.3, 0.4) is 0 Å². The van der Waals surface area contributed by atoms with Crippen LogP contribution in [0.1, 0.15) is 24.8 Å². The van der Waals surface area contributed by atoms with Crippen LogP contribution in [0.15, 0.2) is 12.4 Å². The Balaban J connectivity index is 1.51. The molecule has 0 spiro atoms. The first kappa shape index (κ1) is 14.5. The molecule has 0 aromatic carbocycles. The van der Waals surface area contributed by atoms with Crippen LogP contribution >= 0.6 is 0 Å². The molecule has 2 unspecified atom stereocenters. The van der Waals surface area contributed by atoms with Crippen molar-refractivity contribution >= 4 is 5.91 Å². The number of aromatic nitrogens is 2. The topological polar surface area (TPSA) is 59.4 Å². The van der Waals surface area contributed by atoms with Crippen molar-refractivity contribution in [2.75, 3.05) is 26.2 Å². The van der Waals surface area contributed by atoms with Crippen molar-refractivity contribution in [2.24, 2.45) is 0 Å². The minimum atomic E-state index is 0.0403. The van der Waals surface area contributed by atoms with E-state index < -0.39 is 0 Å². The van der Waals surface area contributed by atoms with Gasteiger partial charge in [-0.05, 0) is 31.9 Å². The predicted molar refractivity (Wildman–Crippen MR) is 78.9 cm³/mol. The van der Waals surface area contributed by atoms with Crippen LogP contribution in [0, 0.1) is 6.92 Å². The van der Waals surface area contributed by atoms with E-state index in [9.17, 15) is 4.79 Å². The lowest BCUT2D eigenvalue weighted by molar-refractivity contribution is -0.139. The van der Waals surface area contributed by atoms with E-state index in [1.165, 1.54) is 6.42 Å². The monoisotopic (exact) mass is 292 g/mol. The first-order valence-electron chi connectivity index (χ1n) is 7.82. The molecule has 2 aliphatic rings. The Hall–Kier alpha value is -1.40. The fourth-order valence-corrected chi connectivity index (χ4v) is 3.10. The number of rotatable bonds is 4. The number of carbonyl (C=O) groups is 1. The lowest BCUT2D eigenvalue weighted by Gasteiger charge is -2.33. The second kappa shape index (κ2) is 6.58. The molecule has 2 aliphatic heterocycles. The molecule has 0 radical (unpaired) electrons. The maximum absolute atomic E-state index is 12.4. The highest BCUT2D eigenvalue weighted by Gasteiger charge is 2.27. The van der Waals surface area contributed by atoms with Gasteiger partial charge in [0.25, 0.3) is 0 Å². The average Bonchev–Trinajstić information content (AvgIpc) is 3.11. The minimum Gasteiger partial charge on any atom is -0.373 e. The van der Waals surface area contributed by atoms with Gasteiger partial charge in [0.05, 0.1) is 25.5 Å². The molecule has 2 saturated heterocycles. The molecule has 0 saturated carbocycles. The SMILES string of the molecule is Cc1cnn(CC2CN(C(=O)CC3CCCN3)CCO2)c1. The van der Waals surface area contributed by atoms with Crippen LogP contribution in [0.4, 0.5) is 0 Å². The van der Waals surface area contributed by atoms with Crippen LogP contribution in [0.25, 0.3) is 0 Å². The van der Waals surface area contributed by atoms with Crippen molar-refractivity contribution in [3.05, 3.63) is 18.0 Å². The third-order valence-corrected chi connectivity index (χ3v) is 4.23. The molecule has 0 aliphatic carbocycles. The Morgan fingerprint density at radius 1 is 1.57 bits per heavy atom. The highest BCUT2D eigenvalue weighted by atomic mass is 16.5. The van der Waals surface area contributed by atoms with Crippen molar-refractivity contribution in [3.63, 3.8) is 0 Å². The molecule has 6 heteroatoms. The lowest BCUT2D eigenvalue weighted by atomic mass is 10.1. The number of aryl methyl sites for hydroxylation is 1. The lowest BCUT2D eigenvalue weighted by Crippen LogP contribution is -2.48. The van der Waals surface area contributed by atoms with Gasteiger partial charge < -0.3 is 15.0 Å². The Kier molecular flexibility index (Phi) is 4.55. The van der Waals surface area contributed by atoms with Crippen molar-refractivity contribution in [2.45, 2.75) is 44.9 Å². The van der Waals surface area contributed by atoms with E-state index in [4.69, 9.17) is 4.74 Å². The van der Waals surface area contributed by atoms with Crippen LogP contribution in [-0.4, -0.2) is 59.0 Å². The van der Waals surface area contributed by atoms with Crippen molar-refractivity contribution in [1.29, 1.82) is 0 Å². The molecule has 1 aromatic heterocycles. The molecule has 2 atom stereocenters. The first-order valence-corrected chi connectivity index (χ1v) is 7.82. The molecular formula is C15H24N4O2. The highest BCUT2D eigenvalue weighted by Crippen LogP contribution is 2.14. The Morgan fingerprint density at radius 2 is 2.48 bits per heavy atom. The molecule has 0 bridgehead atoms. The van der Waals surface area contributed by atoms with Crippen molar-refractivity contribution < 1.29 is 9.53 Å². The zero-order valence-electron chi connectivity index (χ0n) is 12.6. The van der Waals surface area contributed by atoms with Crippen molar-refractivity contribution in [1.82, 2.24) is 20.0 Å². The fourth-order valence-electron chi connectivity index (χ4n) is 3.10. The van der Waals surface area contributed by atoms with Gasteiger partial charge in [0, 0.05) is 31.7 Å². The largest absolute Gasteiger partial charge is 0.373 e. The minimum absolute atomic E-state index is 0.0403. The molecule has 116 valence electrons. The standard InChI is InChI=1S/C15H24N4O2/c1-12-8-17-19(9-12)11-14-10-18(5-6-21-14)15(20)7-13-3-2-4-16-13/h8-9,13-14,16H,2-7,10-11H2,1H3. The van der Waals surface area contributed by atoms with Gasteiger partial charge in [0.15, 0.2) is 0 Å². The van der Waals surface area contributed by atoms with Gasteiger partial charge in [-0.1, -0.05) is 0 Å². The zero-order chi connectivity index (χ0) is 14.7. The van der Waals surface area contributed by atoms with Crippen LogP contribution in [0.2, 0.25) is 0 Å². The molecular weight excluding hydrogens is 268 g/mol. The van der Waals surface area contributed by atoms with E-state index in [1.54, 1.807) is 0 Å². The number of hydrogen-bond donors (Lipinski definition) is 1. The quantitative estimate of drug-likeness (QED) is 0.881. The zero-order valence-corrected chi connectivity index (χ0v) is 12.6. The molecule has 1 N–H and O–H groups in total. The second-order valence-corrected chi connectivity index (χ2v) is 6.07. The van der Waals surface area contributed by atoms with Gasteiger partial charge in [-0.15, -0.1) is 0 Å². The fraction of sp³-hybridized carbons (Fsp3) is 0.733. The summed E-state index contributed by atoms with van der Waals surface area (Å²) in [5, 5.41) is 7.67. The summed E-state index contributed by atoms with van der Waals surface area (Å²) in [6, 6.07) is 0.368. The third kappa shape index (κ3) is 3.83. The van der Waals surface area contributed by atoms with Crippen molar-refractivity contribution in [3.8, 4) is 0 Å². The van der Waals surface area contributed by atoms with Gasteiger partial charge in [-0.2, -0.15) is 5.10 Å². The number of morpholine rings is 1. The van der Waals surface area contributed by atoms with Gasteiger partial charge in [-0.25, -0.2) is 0 Å². The number of carbonyl (C=O) groups excluding carboxylic acids is 1. The number of nitrogens with zero attached hydrogens (tertiary/aromatic N) is 3. The Labute approximate surface area is 125 Å². The summed E-state index contributed by atoms with van der Waals surface area (Å²) >= 11 is 0. The van der Waals surface area contributed by atoms with Gasteiger partial charge in [0.1, 0.15) is 0 Å². The Morgan fingerprint density at radius 3 is 3.19 bits per heavy atom. The summed E-state index contributed by atoms with van der Waals surface area (Å²) in [4.78, 5) is 14.3. The summed E-state index contributed by atoms with van der Waals surface area (Å²) < 4.78 is 7.67. The van der Waals surface area contributed by atoms with E-state index in [2.05, 4.69) is 10.4 Å². The highest BCUT2D eigenvalue weighted by molar-refractivity contribution is 5.77. The smallest absolute Gasteiger partial charge is 0.224 e. The number of amides is 1.